The van der Waals surface area contributed by atoms with Gasteiger partial charge < -0.3 is 15.1 Å². The number of carbonyl (C=O) groups is 3. The van der Waals surface area contributed by atoms with E-state index in [1.807, 2.05) is 36.4 Å². The molecule has 0 spiro atoms. The molecule has 202 valence electrons. The van der Waals surface area contributed by atoms with Gasteiger partial charge in [-0.25, -0.2) is 13.6 Å². The molecule has 3 aromatic carbocycles. The highest BCUT2D eigenvalue weighted by Gasteiger charge is 2.52. The number of amides is 4. The number of halogens is 3. The fraction of sp³-hybridized carbons (Fsp3) is 0.250. The van der Waals surface area contributed by atoms with Gasteiger partial charge in [0.15, 0.2) is 11.6 Å². The maximum atomic E-state index is 14.2. The largest absolute Gasteiger partial charge is 0.333 e. The number of hydrogen-bond acceptors (Lipinski definition) is 4. The Morgan fingerprint density at radius 1 is 1.03 bits per heavy atom. The van der Waals surface area contributed by atoms with Crippen LogP contribution >= 0.6 is 22.6 Å². The summed E-state index contributed by atoms with van der Waals surface area (Å²) in [5, 5.41) is 5.86. The van der Waals surface area contributed by atoms with E-state index in [4.69, 9.17) is 0 Å². The van der Waals surface area contributed by atoms with Crippen LogP contribution in [0.4, 0.5) is 13.6 Å². The summed E-state index contributed by atoms with van der Waals surface area (Å²) in [7, 11) is 1.58. The molecule has 8 nitrogen and oxygen atoms in total. The number of hydrogen-bond donors (Lipinski definition) is 1. The first-order valence-electron chi connectivity index (χ1n) is 12.3. The summed E-state index contributed by atoms with van der Waals surface area (Å²) >= 11 is 1.72. The van der Waals surface area contributed by atoms with E-state index in [1.54, 1.807) is 58.9 Å². The van der Waals surface area contributed by atoms with Crippen molar-refractivity contribution in [2.75, 3.05) is 20.1 Å². The van der Waals surface area contributed by atoms with Crippen molar-refractivity contribution in [2.24, 2.45) is 0 Å². The second-order valence-electron chi connectivity index (χ2n) is 9.45. The molecule has 1 N–H and O–H groups in total. The van der Waals surface area contributed by atoms with Gasteiger partial charge in [0.05, 0.1) is 16.7 Å². The number of carbonyl (C=O) groups excluding carboxylic acids is 3. The van der Waals surface area contributed by atoms with Crippen LogP contribution in [0.25, 0.3) is 0 Å². The summed E-state index contributed by atoms with van der Waals surface area (Å²) in [4.78, 5) is 43.2. The van der Waals surface area contributed by atoms with Gasteiger partial charge >= 0.3 is 6.03 Å². The van der Waals surface area contributed by atoms with Crippen molar-refractivity contribution in [2.45, 2.75) is 25.3 Å². The van der Waals surface area contributed by atoms with Gasteiger partial charge in [0.1, 0.15) is 12.2 Å². The minimum atomic E-state index is -0.991. The zero-order valence-corrected chi connectivity index (χ0v) is 23.2. The maximum Gasteiger partial charge on any atom is 0.332 e. The van der Waals surface area contributed by atoms with Crippen molar-refractivity contribution < 1.29 is 23.2 Å². The molecule has 0 aromatic heterocycles. The second kappa shape index (κ2) is 11.3. The van der Waals surface area contributed by atoms with E-state index in [2.05, 4.69) is 5.32 Å². The van der Waals surface area contributed by atoms with Gasteiger partial charge in [-0.05, 0) is 51.4 Å². The van der Waals surface area contributed by atoms with Crippen LogP contribution in [0.1, 0.15) is 22.7 Å². The minimum Gasteiger partial charge on any atom is -0.333 e. The Hall–Kier alpha value is -3.58. The molecule has 0 radical (unpaired) electrons. The molecule has 2 atom stereocenters. The highest BCUT2D eigenvalue weighted by Crippen LogP contribution is 2.36. The first kappa shape index (κ1) is 27.0. The van der Waals surface area contributed by atoms with Crippen molar-refractivity contribution >= 4 is 40.4 Å². The van der Waals surface area contributed by atoms with Crippen LogP contribution in [-0.4, -0.2) is 64.0 Å². The molecule has 0 unspecified atom stereocenters. The summed E-state index contributed by atoms with van der Waals surface area (Å²) in [6, 6.07) is 19.6. The average Bonchev–Trinajstić information content (AvgIpc) is 3.26. The van der Waals surface area contributed by atoms with Gasteiger partial charge in [-0.15, -0.1) is 0 Å². The SMILES string of the molecule is CN(C(=O)NCc1ccccc1)N1CC(=O)N2[C@@H](c3ccccc3)C(=O)N(Cc3cc(F)c(F)c(I)c3)C[C@@H]21. The standard InChI is InChI=1S/C28H26F2IN5O3/c1-33(28(39)32-14-18-8-4-2-5-9-18)35-17-24(37)36-23(35)16-34(15-19-12-21(29)25(30)22(31)13-19)27(38)26(36)20-10-6-3-7-11-20/h2-13,23,26H,14-17H2,1H3,(H,32,39)/t23-,26+/m1/s1. The number of benzene rings is 3. The Morgan fingerprint density at radius 3 is 2.36 bits per heavy atom. The van der Waals surface area contributed by atoms with Crippen molar-refractivity contribution in [3.8, 4) is 0 Å². The van der Waals surface area contributed by atoms with E-state index in [0.29, 0.717) is 17.7 Å². The normalized spacial score (nSPS) is 19.3. The first-order chi connectivity index (χ1) is 18.7. The van der Waals surface area contributed by atoms with Crippen LogP contribution in [0.5, 0.6) is 0 Å². The lowest BCUT2D eigenvalue weighted by atomic mass is 10.00. The second-order valence-corrected chi connectivity index (χ2v) is 10.6. The molecule has 2 aliphatic rings. The third-order valence-electron chi connectivity index (χ3n) is 6.96. The Labute approximate surface area is 238 Å². The van der Waals surface area contributed by atoms with Crippen LogP contribution in [0, 0.1) is 15.2 Å². The summed E-state index contributed by atoms with van der Waals surface area (Å²) < 4.78 is 28.2. The van der Waals surface area contributed by atoms with E-state index in [0.717, 1.165) is 11.6 Å². The number of piperazine rings is 1. The molecule has 5 rings (SSSR count). The van der Waals surface area contributed by atoms with Crippen LogP contribution in [0.15, 0.2) is 72.8 Å². The molecule has 4 amide bonds. The molecule has 2 saturated heterocycles. The predicted molar refractivity (Wildman–Crippen MR) is 147 cm³/mol. The molecule has 39 heavy (non-hydrogen) atoms. The van der Waals surface area contributed by atoms with Crippen LogP contribution in [0.2, 0.25) is 0 Å². The number of fused-ring (bicyclic) bond motifs is 1. The Balaban J connectivity index is 1.43. The molecule has 2 fully saturated rings. The van der Waals surface area contributed by atoms with Crippen molar-refractivity contribution in [1.82, 2.24) is 25.1 Å². The predicted octanol–water partition coefficient (Wildman–Crippen LogP) is 3.88. The van der Waals surface area contributed by atoms with Gasteiger partial charge in [0, 0.05) is 20.1 Å². The van der Waals surface area contributed by atoms with E-state index in [1.165, 1.54) is 20.9 Å². The molecular formula is C28H26F2IN5O3. The lowest BCUT2D eigenvalue weighted by molar-refractivity contribution is -0.157. The van der Waals surface area contributed by atoms with Crippen molar-refractivity contribution in [3.05, 3.63) is 105 Å². The molecule has 0 saturated carbocycles. The summed E-state index contributed by atoms with van der Waals surface area (Å²) in [5.74, 6) is -2.54. The fourth-order valence-electron chi connectivity index (χ4n) is 5.02. The quantitative estimate of drug-likeness (QED) is 0.327. The zero-order valence-electron chi connectivity index (χ0n) is 21.1. The molecular weight excluding hydrogens is 619 g/mol. The number of rotatable bonds is 6. The third kappa shape index (κ3) is 5.46. The monoisotopic (exact) mass is 645 g/mol. The molecule has 0 aliphatic carbocycles. The summed E-state index contributed by atoms with van der Waals surface area (Å²) in [6.07, 6.45) is -0.641. The zero-order chi connectivity index (χ0) is 27.7. The smallest absolute Gasteiger partial charge is 0.332 e. The van der Waals surface area contributed by atoms with Crippen LogP contribution < -0.4 is 5.32 Å². The molecule has 0 bridgehead atoms. The minimum absolute atomic E-state index is 0.0195. The van der Waals surface area contributed by atoms with Gasteiger partial charge in [0.2, 0.25) is 5.91 Å². The fourth-order valence-corrected chi connectivity index (χ4v) is 5.68. The molecule has 11 heteroatoms. The van der Waals surface area contributed by atoms with Crippen molar-refractivity contribution in [1.29, 1.82) is 0 Å². The molecule has 2 aliphatic heterocycles. The number of hydrazine groups is 1. The number of urea groups is 1. The van der Waals surface area contributed by atoms with E-state index < -0.39 is 29.9 Å². The van der Waals surface area contributed by atoms with E-state index >= 15 is 0 Å². The number of nitrogens with one attached hydrogen (secondary N) is 1. The number of nitrogens with zero attached hydrogens (tertiary/aromatic N) is 4. The lowest BCUT2D eigenvalue weighted by Crippen LogP contribution is -2.62. The van der Waals surface area contributed by atoms with Gasteiger partial charge in [-0.3, -0.25) is 14.6 Å². The third-order valence-corrected chi connectivity index (χ3v) is 7.74. The molecule has 3 aromatic rings. The van der Waals surface area contributed by atoms with Gasteiger partial charge in [0.25, 0.3) is 5.91 Å². The van der Waals surface area contributed by atoms with Crippen LogP contribution in [0.3, 0.4) is 0 Å². The van der Waals surface area contributed by atoms with E-state index in [9.17, 15) is 23.2 Å². The summed E-state index contributed by atoms with van der Waals surface area (Å²) in [5.41, 5.74) is 1.98. The van der Waals surface area contributed by atoms with Gasteiger partial charge in [-0.2, -0.15) is 5.01 Å². The Bertz CT molecular complexity index is 1370. The highest BCUT2D eigenvalue weighted by molar-refractivity contribution is 14.1. The topological polar surface area (TPSA) is 76.2 Å². The van der Waals surface area contributed by atoms with Crippen molar-refractivity contribution in [3.63, 3.8) is 0 Å². The molecule has 2 heterocycles. The Morgan fingerprint density at radius 2 is 1.69 bits per heavy atom. The Kier molecular flexibility index (Phi) is 7.80. The summed E-state index contributed by atoms with van der Waals surface area (Å²) in [6.45, 7) is 0.324. The lowest BCUT2D eigenvalue weighted by Gasteiger charge is -2.45. The average molecular weight is 645 g/mol. The van der Waals surface area contributed by atoms with Gasteiger partial charge in [-0.1, -0.05) is 60.7 Å². The first-order valence-corrected chi connectivity index (χ1v) is 13.4. The maximum absolute atomic E-state index is 14.2. The highest BCUT2D eigenvalue weighted by atomic mass is 127. The van der Waals surface area contributed by atoms with Crippen LogP contribution in [-0.2, 0) is 22.7 Å². The van der Waals surface area contributed by atoms with E-state index in [-0.39, 0.29) is 35.0 Å².